The number of hydrogen-bond acceptors (Lipinski definition) is 1. The minimum absolute atomic E-state index is 1.11. The van der Waals surface area contributed by atoms with Crippen LogP contribution in [0.4, 0.5) is 0 Å². The number of hydrogen-bond donors (Lipinski definition) is 1. The van der Waals surface area contributed by atoms with Crippen molar-refractivity contribution in [2.75, 3.05) is 6.54 Å². The first kappa shape index (κ1) is 6.40. The molecule has 0 aromatic rings. The molecule has 0 amide bonds. The van der Waals surface area contributed by atoms with E-state index in [0.717, 1.165) is 13.0 Å². The highest BCUT2D eigenvalue weighted by Crippen LogP contribution is 2.01. The molecule has 0 aromatic carbocycles. The van der Waals surface area contributed by atoms with E-state index in [1.165, 1.54) is 12.1 Å². The largest absolute Gasteiger partial charge is 0.385 e. The Labute approximate surface area is 56.5 Å². The molecule has 0 fully saturated rings. The van der Waals surface area contributed by atoms with Gasteiger partial charge in [-0.25, -0.2) is 0 Å². The van der Waals surface area contributed by atoms with Gasteiger partial charge in [-0.2, -0.15) is 0 Å². The third kappa shape index (κ3) is 1.92. The molecular weight excluding hydrogens is 110 g/mol. The van der Waals surface area contributed by atoms with E-state index in [1.807, 2.05) is 0 Å². The molecule has 1 heteroatoms. The van der Waals surface area contributed by atoms with Crippen LogP contribution >= 0.6 is 0 Å². The van der Waals surface area contributed by atoms with Gasteiger partial charge in [0.25, 0.3) is 0 Å². The number of allylic oxidation sites excluding steroid dienone is 2. The molecule has 0 radical (unpaired) electrons. The second-order valence-corrected chi connectivity index (χ2v) is 2.19. The van der Waals surface area contributed by atoms with Gasteiger partial charge in [-0.3, -0.25) is 0 Å². The summed E-state index contributed by atoms with van der Waals surface area (Å²) in [5.41, 5.74) is 1.29. The predicted octanol–water partition coefficient (Wildman–Crippen LogP) is 1.83. The van der Waals surface area contributed by atoms with Crippen LogP contribution in [0.5, 0.6) is 0 Å². The molecule has 9 heavy (non-hydrogen) atoms. The van der Waals surface area contributed by atoms with Crippen molar-refractivity contribution in [3.8, 4) is 0 Å². The summed E-state index contributed by atoms with van der Waals surface area (Å²) in [4.78, 5) is 0. The maximum absolute atomic E-state index is 3.27. The summed E-state index contributed by atoms with van der Waals surface area (Å²) in [5.74, 6) is 0. The molecule has 1 N–H and O–H groups in total. The van der Waals surface area contributed by atoms with E-state index in [0.29, 0.717) is 0 Å². The fraction of sp³-hybridized carbons (Fsp3) is 0.500. The first-order valence-corrected chi connectivity index (χ1v) is 3.54. The van der Waals surface area contributed by atoms with Crippen LogP contribution in [0, 0.1) is 0 Å². The first-order valence-electron chi connectivity index (χ1n) is 3.54. The van der Waals surface area contributed by atoms with E-state index >= 15 is 0 Å². The quantitative estimate of drug-likeness (QED) is 0.590. The Kier molecular flexibility index (Phi) is 2.37. The van der Waals surface area contributed by atoms with Crippen molar-refractivity contribution in [2.24, 2.45) is 0 Å². The van der Waals surface area contributed by atoms with Gasteiger partial charge in [0.2, 0.25) is 0 Å². The summed E-state index contributed by atoms with van der Waals surface area (Å²) in [6.45, 7) is 3.26. The monoisotopic (exact) mass is 123 g/mol. The van der Waals surface area contributed by atoms with Crippen molar-refractivity contribution in [3.05, 3.63) is 23.9 Å². The molecule has 0 saturated heterocycles. The van der Waals surface area contributed by atoms with Gasteiger partial charge in [0.1, 0.15) is 0 Å². The van der Waals surface area contributed by atoms with Crippen molar-refractivity contribution in [1.29, 1.82) is 0 Å². The number of rotatable bonds is 2. The molecule has 0 aromatic heterocycles. The van der Waals surface area contributed by atoms with Crippen LogP contribution < -0.4 is 5.32 Å². The average Bonchev–Trinajstić information content (AvgIpc) is 2.34. The van der Waals surface area contributed by atoms with E-state index in [-0.39, 0.29) is 0 Å². The van der Waals surface area contributed by atoms with Crippen molar-refractivity contribution >= 4 is 0 Å². The van der Waals surface area contributed by atoms with Crippen LogP contribution in [0.3, 0.4) is 0 Å². The van der Waals surface area contributed by atoms with Crippen molar-refractivity contribution < 1.29 is 0 Å². The minimum Gasteiger partial charge on any atom is -0.385 e. The lowest BCUT2D eigenvalue weighted by Crippen LogP contribution is -2.04. The normalized spacial score (nSPS) is 18.1. The Hall–Kier alpha value is -0.720. The molecule has 0 saturated carbocycles. The van der Waals surface area contributed by atoms with Gasteiger partial charge in [0.15, 0.2) is 0 Å². The van der Waals surface area contributed by atoms with Crippen molar-refractivity contribution in [1.82, 2.24) is 5.32 Å². The van der Waals surface area contributed by atoms with E-state index in [4.69, 9.17) is 0 Å². The van der Waals surface area contributed by atoms with E-state index < -0.39 is 0 Å². The highest BCUT2D eigenvalue weighted by Gasteiger charge is 1.95. The molecule has 50 valence electrons. The zero-order chi connectivity index (χ0) is 6.53. The molecule has 1 nitrogen and oxygen atoms in total. The average molecular weight is 123 g/mol. The van der Waals surface area contributed by atoms with Gasteiger partial charge in [0, 0.05) is 12.2 Å². The van der Waals surface area contributed by atoms with E-state index in [2.05, 4.69) is 30.5 Å². The highest BCUT2D eigenvalue weighted by molar-refractivity contribution is 5.19. The van der Waals surface area contributed by atoms with Gasteiger partial charge in [-0.05, 0) is 18.9 Å². The van der Waals surface area contributed by atoms with Crippen LogP contribution in [0.1, 0.15) is 19.8 Å². The third-order valence-corrected chi connectivity index (χ3v) is 1.37. The molecular formula is C8H13N. The third-order valence-electron chi connectivity index (χ3n) is 1.37. The van der Waals surface area contributed by atoms with E-state index in [1.54, 1.807) is 0 Å². The van der Waals surface area contributed by atoms with Crippen LogP contribution in [0.25, 0.3) is 0 Å². The van der Waals surface area contributed by atoms with Gasteiger partial charge < -0.3 is 5.32 Å². The summed E-state index contributed by atoms with van der Waals surface area (Å²) in [7, 11) is 0. The summed E-state index contributed by atoms with van der Waals surface area (Å²) >= 11 is 0. The summed E-state index contributed by atoms with van der Waals surface area (Å²) in [5, 5.41) is 3.27. The molecule has 1 rings (SSSR count). The molecule has 0 aliphatic carbocycles. The Morgan fingerprint density at radius 3 is 3.22 bits per heavy atom. The molecule has 0 spiro atoms. The van der Waals surface area contributed by atoms with Crippen molar-refractivity contribution in [3.63, 3.8) is 0 Å². The summed E-state index contributed by atoms with van der Waals surface area (Å²) in [6, 6.07) is 0. The Morgan fingerprint density at radius 2 is 2.67 bits per heavy atom. The first-order chi connectivity index (χ1) is 4.43. The second kappa shape index (κ2) is 3.33. The lowest BCUT2D eigenvalue weighted by atomic mass is 10.3. The van der Waals surface area contributed by atoms with Crippen molar-refractivity contribution in [2.45, 2.75) is 19.8 Å². The molecule has 0 unspecified atom stereocenters. The topological polar surface area (TPSA) is 12.0 Å². The van der Waals surface area contributed by atoms with Crippen LogP contribution in [-0.4, -0.2) is 6.54 Å². The van der Waals surface area contributed by atoms with Gasteiger partial charge in [-0.1, -0.05) is 19.1 Å². The zero-order valence-electron chi connectivity index (χ0n) is 5.85. The smallest absolute Gasteiger partial charge is 0.0297 e. The zero-order valence-corrected chi connectivity index (χ0v) is 5.85. The molecule has 0 bridgehead atoms. The maximum atomic E-state index is 3.27. The molecule has 1 heterocycles. The minimum atomic E-state index is 1.11. The highest BCUT2D eigenvalue weighted by atomic mass is 14.9. The second-order valence-electron chi connectivity index (χ2n) is 2.19. The summed E-state index contributed by atoms with van der Waals surface area (Å²) < 4.78 is 0. The fourth-order valence-corrected chi connectivity index (χ4v) is 0.888. The fourth-order valence-electron chi connectivity index (χ4n) is 0.888. The van der Waals surface area contributed by atoms with Crippen LogP contribution in [-0.2, 0) is 0 Å². The van der Waals surface area contributed by atoms with Gasteiger partial charge in [0.05, 0.1) is 0 Å². The Morgan fingerprint density at radius 1 is 1.78 bits per heavy atom. The standard InChI is InChI=1S/C8H13N/c1-2-3-5-8-6-4-7-9-8/h3,5-6,9H,2,4,7H2,1H3. The van der Waals surface area contributed by atoms with Gasteiger partial charge >= 0.3 is 0 Å². The summed E-state index contributed by atoms with van der Waals surface area (Å²) in [6.07, 6.45) is 8.85. The van der Waals surface area contributed by atoms with Crippen LogP contribution in [0.15, 0.2) is 23.9 Å². The lowest BCUT2D eigenvalue weighted by molar-refractivity contribution is 0.891. The predicted molar refractivity (Wildman–Crippen MR) is 40.1 cm³/mol. The number of nitrogens with one attached hydrogen (secondary N) is 1. The Bertz CT molecular complexity index is 134. The maximum Gasteiger partial charge on any atom is 0.0297 e. The molecule has 0 atom stereocenters. The van der Waals surface area contributed by atoms with E-state index in [9.17, 15) is 0 Å². The van der Waals surface area contributed by atoms with Gasteiger partial charge in [-0.15, -0.1) is 0 Å². The SMILES string of the molecule is CCC=CC1=CCCN1. The van der Waals surface area contributed by atoms with Crippen LogP contribution in [0.2, 0.25) is 0 Å². The Balaban J connectivity index is 2.34. The lowest BCUT2D eigenvalue weighted by Gasteiger charge is -1.93. The molecule has 1 aliphatic heterocycles. The molecule has 1 aliphatic rings.